The zero-order chi connectivity index (χ0) is 18.3. The van der Waals surface area contributed by atoms with Crippen molar-refractivity contribution in [2.45, 2.75) is 4.90 Å². The van der Waals surface area contributed by atoms with Gasteiger partial charge in [-0.05, 0) is 24.3 Å². The van der Waals surface area contributed by atoms with Crippen LogP contribution < -0.4 is 10.6 Å². The highest BCUT2D eigenvalue weighted by atomic mass is 32.2. The van der Waals surface area contributed by atoms with Crippen LogP contribution in [-0.2, 0) is 14.8 Å². The lowest BCUT2D eigenvalue weighted by atomic mass is 10.4. The molecule has 0 saturated heterocycles. The van der Waals surface area contributed by atoms with Gasteiger partial charge in [-0.2, -0.15) is 4.31 Å². The van der Waals surface area contributed by atoms with Crippen LogP contribution in [0, 0.1) is 0 Å². The molecule has 0 saturated carbocycles. The molecule has 0 radical (unpaired) electrons. The number of likely N-dealkylation sites (N-methyl/N-ethyl adjacent to an activating group) is 1. The molecule has 0 aliphatic rings. The first kappa shape index (κ1) is 18.6. The third-order valence-electron chi connectivity index (χ3n) is 3.19. The fraction of sp³-hybridized carbons (Fsp3) is 0.267. The zero-order valence-electron chi connectivity index (χ0n) is 13.5. The molecule has 0 unspecified atom stereocenters. The zero-order valence-corrected chi connectivity index (χ0v) is 14.3. The highest BCUT2D eigenvalue weighted by molar-refractivity contribution is 7.89. The minimum Gasteiger partial charge on any atom is -0.459 e. The summed E-state index contributed by atoms with van der Waals surface area (Å²) in [4.78, 5) is 27.2. The van der Waals surface area contributed by atoms with Crippen molar-refractivity contribution >= 4 is 21.8 Å². The number of sulfonamides is 1. The molecule has 134 valence electrons. The molecule has 0 aromatic carbocycles. The highest BCUT2D eigenvalue weighted by Gasteiger charge is 2.22. The van der Waals surface area contributed by atoms with Crippen molar-refractivity contribution in [2.75, 3.05) is 26.7 Å². The minimum atomic E-state index is -3.78. The number of carbonyl (C=O) groups is 2. The van der Waals surface area contributed by atoms with E-state index in [0.717, 1.165) is 4.31 Å². The first-order valence-electron chi connectivity index (χ1n) is 7.36. The number of amides is 2. The van der Waals surface area contributed by atoms with E-state index in [-0.39, 0.29) is 30.3 Å². The smallest absolute Gasteiger partial charge is 0.287 e. The Bertz CT molecular complexity index is 806. The van der Waals surface area contributed by atoms with Gasteiger partial charge in [0, 0.05) is 32.5 Å². The SMILES string of the molecule is CN(CC(=O)NCCNC(=O)c1ccco1)S(=O)(=O)c1cccnc1. The predicted molar refractivity (Wildman–Crippen MR) is 88.1 cm³/mol. The number of nitrogens with zero attached hydrogens (tertiary/aromatic N) is 2. The third kappa shape index (κ3) is 5.13. The topological polar surface area (TPSA) is 122 Å². The number of hydrogen-bond donors (Lipinski definition) is 2. The van der Waals surface area contributed by atoms with Crippen LogP contribution in [0.1, 0.15) is 10.6 Å². The lowest BCUT2D eigenvalue weighted by Crippen LogP contribution is -2.41. The highest BCUT2D eigenvalue weighted by Crippen LogP contribution is 2.11. The second kappa shape index (κ2) is 8.40. The predicted octanol–water partition coefficient (Wildman–Crippen LogP) is -0.159. The van der Waals surface area contributed by atoms with E-state index in [9.17, 15) is 18.0 Å². The standard InChI is InChI=1S/C15H18N4O5S/c1-19(25(22,23)12-4-2-6-16-10-12)11-14(20)17-7-8-18-15(21)13-5-3-9-24-13/h2-6,9-10H,7-8,11H2,1H3,(H,17,20)(H,18,21). The number of aromatic nitrogens is 1. The number of rotatable bonds is 8. The summed E-state index contributed by atoms with van der Waals surface area (Å²) in [5, 5.41) is 5.09. The van der Waals surface area contributed by atoms with E-state index in [1.54, 1.807) is 6.07 Å². The lowest BCUT2D eigenvalue weighted by Gasteiger charge is -2.16. The van der Waals surface area contributed by atoms with E-state index < -0.39 is 21.8 Å². The molecular formula is C15H18N4O5S. The Kier molecular flexibility index (Phi) is 6.25. The quantitative estimate of drug-likeness (QED) is 0.626. The molecule has 2 heterocycles. The van der Waals surface area contributed by atoms with Gasteiger partial charge < -0.3 is 15.1 Å². The van der Waals surface area contributed by atoms with E-state index >= 15 is 0 Å². The van der Waals surface area contributed by atoms with Crippen LogP contribution in [0.25, 0.3) is 0 Å². The van der Waals surface area contributed by atoms with Gasteiger partial charge in [-0.1, -0.05) is 0 Å². The van der Waals surface area contributed by atoms with Gasteiger partial charge in [0.15, 0.2) is 5.76 Å². The first-order valence-corrected chi connectivity index (χ1v) is 8.80. The van der Waals surface area contributed by atoms with E-state index in [0.29, 0.717) is 0 Å². The Morgan fingerprint density at radius 2 is 1.96 bits per heavy atom. The Morgan fingerprint density at radius 3 is 2.60 bits per heavy atom. The van der Waals surface area contributed by atoms with Crippen LogP contribution in [0.5, 0.6) is 0 Å². The Hall–Kier alpha value is -2.72. The Morgan fingerprint density at radius 1 is 1.20 bits per heavy atom. The Balaban J connectivity index is 1.75. The summed E-state index contributed by atoms with van der Waals surface area (Å²) >= 11 is 0. The minimum absolute atomic E-state index is 0.0102. The fourth-order valence-electron chi connectivity index (χ4n) is 1.90. The molecule has 0 fully saturated rings. The first-order chi connectivity index (χ1) is 11.9. The van der Waals surface area contributed by atoms with Crippen molar-refractivity contribution in [2.24, 2.45) is 0 Å². The normalized spacial score (nSPS) is 11.3. The van der Waals surface area contributed by atoms with E-state index in [1.807, 2.05) is 0 Å². The van der Waals surface area contributed by atoms with E-state index in [2.05, 4.69) is 15.6 Å². The van der Waals surface area contributed by atoms with Crippen molar-refractivity contribution in [1.82, 2.24) is 19.9 Å². The van der Waals surface area contributed by atoms with E-state index in [4.69, 9.17) is 4.42 Å². The van der Waals surface area contributed by atoms with Crippen LogP contribution in [0.15, 0.2) is 52.2 Å². The van der Waals surface area contributed by atoms with Gasteiger partial charge >= 0.3 is 0 Å². The molecule has 0 spiro atoms. The molecule has 2 aromatic rings. The summed E-state index contributed by atoms with van der Waals surface area (Å²) < 4.78 is 30.4. The van der Waals surface area contributed by atoms with Crippen LogP contribution in [-0.4, -0.2) is 56.2 Å². The van der Waals surface area contributed by atoms with Gasteiger partial charge in [-0.15, -0.1) is 0 Å². The average molecular weight is 366 g/mol. The number of carbonyl (C=O) groups excluding carboxylic acids is 2. The van der Waals surface area contributed by atoms with Gasteiger partial charge in [-0.25, -0.2) is 8.42 Å². The average Bonchev–Trinajstić information content (AvgIpc) is 3.14. The van der Waals surface area contributed by atoms with Gasteiger partial charge in [0.25, 0.3) is 5.91 Å². The summed E-state index contributed by atoms with van der Waals surface area (Å²) in [6.07, 6.45) is 4.06. The van der Waals surface area contributed by atoms with Crippen LogP contribution in [0.4, 0.5) is 0 Å². The van der Waals surface area contributed by atoms with Crippen molar-refractivity contribution in [3.63, 3.8) is 0 Å². The molecule has 0 bridgehead atoms. The van der Waals surface area contributed by atoms with Crippen molar-refractivity contribution in [3.05, 3.63) is 48.7 Å². The molecule has 10 heteroatoms. The van der Waals surface area contributed by atoms with Crippen LogP contribution in [0.3, 0.4) is 0 Å². The summed E-state index contributed by atoms with van der Waals surface area (Å²) in [7, 11) is -2.47. The summed E-state index contributed by atoms with van der Waals surface area (Å²) in [5.41, 5.74) is 0. The van der Waals surface area contributed by atoms with Crippen molar-refractivity contribution in [1.29, 1.82) is 0 Å². The van der Waals surface area contributed by atoms with E-state index in [1.165, 1.54) is 43.9 Å². The molecule has 0 aliphatic heterocycles. The lowest BCUT2D eigenvalue weighted by molar-refractivity contribution is -0.121. The molecule has 2 rings (SSSR count). The second-order valence-electron chi connectivity index (χ2n) is 5.03. The summed E-state index contributed by atoms with van der Waals surface area (Å²) in [5.74, 6) is -0.702. The van der Waals surface area contributed by atoms with Crippen molar-refractivity contribution in [3.8, 4) is 0 Å². The van der Waals surface area contributed by atoms with Crippen LogP contribution >= 0.6 is 0 Å². The molecule has 9 nitrogen and oxygen atoms in total. The van der Waals surface area contributed by atoms with Gasteiger partial charge in [-0.3, -0.25) is 14.6 Å². The largest absolute Gasteiger partial charge is 0.459 e. The van der Waals surface area contributed by atoms with Gasteiger partial charge in [0.05, 0.1) is 12.8 Å². The molecule has 0 atom stereocenters. The maximum Gasteiger partial charge on any atom is 0.287 e. The molecule has 25 heavy (non-hydrogen) atoms. The second-order valence-corrected chi connectivity index (χ2v) is 7.08. The number of nitrogens with one attached hydrogen (secondary N) is 2. The summed E-state index contributed by atoms with van der Waals surface area (Å²) in [6, 6.07) is 6.02. The van der Waals surface area contributed by atoms with Gasteiger partial charge in [0.1, 0.15) is 4.90 Å². The number of pyridine rings is 1. The van der Waals surface area contributed by atoms with Gasteiger partial charge in [0.2, 0.25) is 15.9 Å². The third-order valence-corrected chi connectivity index (χ3v) is 4.97. The molecule has 0 aliphatic carbocycles. The number of hydrogen-bond acceptors (Lipinski definition) is 6. The maximum absolute atomic E-state index is 12.3. The Labute approximate surface area is 145 Å². The maximum atomic E-state index is 12.3. The molecular weight excluding hydrogens is 348 g/mol. The van der Waals surface area contributed by atoms with Crippen molar-refractivity contribution < 1.29 is 22.4 Å². The fourth-order valence-corrected chi connectivity index (χ4v) is 2.99. The molecule has 2 aromatic heterocycles. The molecule has 2 N–H and O–H groups in total. The number of furan rings is 1. The van der Waals surface area contributed by atoms with Crippen LogP contribution in [0.2, 0.25) is 0 Å². The molecule has 2 amide bonds. The monoisotopic (exact) mass is 366 g/mol. The summed E-state index contributed by atoms with van der Waals surface area (Å²) in [6.45, 7) is -0.000235.